The molecule has 3 rings (SSSR count). The van der Waals surface area contributed by atoms with Crippen LogP contribution >= 0.6 is 23.7 Å². The number of aromatic nitrogens is 1. The number of fused-ring (bicyclic) bond motifs is 1. The van der Waals surface area contributed by atoms with Crippen LogP contribution < -0.4 is 10.2 Å². The van der Waals surface area contributed by atoms with E-state index in [4.69, 9.17) is 0 Å². The molecule has 2 fully saturated rings. The van der Waals surface area contributed by atoms with E-state index in [-0.39, 0.29) is 18.3 Å². The van der Waals surface area contributed by atoms with Gasteiger partial charge in [0.2, 0.25) is 5.91 Å². The van der Waals surface area contributed by atoms with E-state index in [9.17, 15) is 4.79 Å². The molecule has 2 atom stereocenters. The number of amides is 1. The number of anilines is 1. The molecule has 7 heteroatoms. The molecule has 3 heterocycles. The molecule has 0 bridgehead atoms. The number of carbonyl (C=O) groups excluding carboxylic acids is 1. The van der Waals surface area contributed by atoms with Crippen molar-refractivity contribution in [2.24, 2.45) is 5.92 Å². The summed E-state index contributed by atoms with van der Waals surface area (Å²) in [5.74, 6) is 0.873. The van der Waals surface area contributed by atoms with Crippen LogP contribution in [0.5, 0.6) is 0 Å². The van der Waals surface area contributed by atoms with Gasteiger partial charge in [0.05, 0.1) is 5.69 Å². The summed E-state index contributed by atoms with van der Waals surface area (Å²) in [6, 6.07) is 0.737. The highest BCUT2D eigenvalue weighted by molar-refractivity contribution is 7.14. The molecule has 2 aliphatic rings. The average Bonchev–Trinajstić information content (AvgIpc) is 3.08. The smallest absolute Gasteiger partial charge is 0.225 e. The van der Waals surface area contributed by atoms with Crippen LogP contribution in [0.3, 0.4) is 0 Å². The minimum absolute atomic E-state index is 0. The second kappa shape index (κ2) is 7.73. The van der Waals surface area contributed by atoms with E-state index in [0.717, 1.165) is 35.9 Å². The summed E-state index contributed by atoms with van der Waals surface area (Å²) in [6.07, 6.45) is 2.55. The molecular formula is C15H25ClN4OS. The van der Waals surface area contributed by atoms with E-state index in [1.54, 1.807) is 23.2 Å². The fourth-order valence-electron chi connectivity index (χ4n) is 3.48. The Labute approximate surface area is 142 Å². The summed E-state index contributed by atoms with van der Waals surface area (Å²) >= 11 is 1.57. The number of carbonyl (C=O) groups is 1. The summed E-state index contributed by atoms with van der Waals surface area (Å²) in [5, 5.41) is 6.53. The van der Waals surface area contributed by atoms with Crippen molar-refractivity contribution in [3.63, 3.8) is 0 Å². The first-order valence-electron chi connectivity index (χ1n) is 7.85. The van der Waals surface area contributed by atoms with Gasteiger partial charge in [-0.05, 0) is 32.2 Å². The maximum Gasteiger partial charge on any atom is 0.225 e. The number of hydrogen-bond acceptors (Lipinski definition) is 5. The zero-order chi connectivity index (χ0) is 14.8. The first kappa shape index (κ1) is 17.7. The predicted octanol–water partition coefficient (Wildman–Crippen LogP) is 2.12. The maximum absolute atomic E-state index is 11.6. The van der Waals surface area contributed by atoms with Crippen LogP contribution in [0.2, 0.25) is 0 Å². The van der Waals surface area contributed by atoms with E-state index in [2.05, 4.69) is 20.6 Å². The summed E-state index contributed by atoms with van der Waals surface area (Å²) in [7, 11) is 0. The Morgan fingerprint density at radius 1 is 1.55 bits per heavy atom. The number of hydrogen-bond donors (Lipinski definition) is 1. The topological polar surface area (TPSA) is 48.5 Å². The van der Waals surface area contributed by atoms with Gasteiger partial charge in [0, 0.05) is 44.5 Å². The third-order valence-electron chi connectivity index (χ3n) is 4.59. The van der Waals surface area contributed by atoms with Gasteiger partial charge in [-0.2, -0.15) is 0 Å². The number of halogens is 1. The molecule has 5 nitrogen and oxygen atoms in total. The summed E-state index contributed by atoms with van der Waals surface area (Å²) in [5.41, 5.74) is 1.10. The highest BCUT2D eigenvalue weighted by Gasteiger charge is 2.32. The second-order valence-electron chi connectivity index (χ2n) is 6.02. The van der Waals surface area contributed by atoms with Crippen molar-refractivity contribution < 1.29 is 4.79 Å². The van der Waals surface area contributed by atoms with Crippen molar-refractivity contribution in [2.75, 3.05) is 31.1 Å². The van der Waals surface area contributed by atoms with Crippen LogP contribution in [-0.4, -0.2) is 48.0 Å². The molecule has 2 unspecified atom stereocenters. The Bertz CT molecular complexity index is 509. The number of thiazole rings is 1. The van der Waals surface area contributed by atoms with E-state index < -0.39 is 0 Å². The minimum atomic E-state index is 0. The molecule has 2 aliphatic heterocycles. The van der Waals surface area contributed by atoms with Crippen molar-refractivity contribution in [1.29, 1.82) is 0 Å². The largest absolute Gasteiger partial charge is 0.314 e. The third-order valence-corrected chi connectivity index (χ3v) is 5.50. The van der Waals surface area contributed by atoms with Gasteiger partial charge in [0.25, 0.3) is 0 Å². The standard InChI is InChI=1S/C15H24N4OS.ClH/c1-3-19(11(2)20)15-17-13(10-21-15)9-18-7-5-14-12(8-18)4-6-16-14;/h10,12,14,16H,3-9H2,1-2H3;1H. The highest BCUT2D eigenvalue weighted by atomic mass is 35.5. The lowest BCUT2D eigenvalue weighted by molar-refractivity contribution is -0.116. The number of nitrogens with zero attached hydrogens (tertiary/aromatic N) is 3. The molecular weight excluding hydrogens is 320 g/mol. The molecule has 0 saturated carbocycles. The lowest BCUT2D eigenvalue weighted by Crippen LogP contribution is -2.43. The van der Waals surface area contributed by atoms with Crippen LogP contribution in [0.1, 0.15) is 32.4 Å². The molecule has 22 heavy (non-hydrogen) atoms. The fraction of sp³-hybridized carbons (Fsp3) is 0.733. The SMILES string of the molecule is CCN(C(C)=O)c1nc(CN2CCC3NCCC3C2)cs1.Cl. The lowest BCUT2D eigenvalue weighted by Gasteiger charge is -2.34. The van der Waals surface area contributed by atoms with Gasteiger partial charge in [-0.15, -0.1) is 23.7 Å². The van der Waals surface area contributed by atoms with Crippen LogP contribution in [-0.2, 0) is 11.3 Å². The Morgan fingerprint density at radius 2 is 2.36 bits per heavy atom. The van der Waals surface area contributed by atoms with Gasteiger partial charge < -0.3 is 5.32 Å². The van der Waals surface area contributed by atoms with Gasteiger partial charge in [-0.3, -0.25) is 14.6 Å². The molecule has 0 aliphatic carbocycles. The Kier molecular flexibility index (Phi) is 6.20. The molecule has 1 N–H and O–H groups in total. The Balaban J connectivity index is 0.00000176. The number of nitrogens with one attached hydrogen (secondary N) is 1. The average molecular weight is 345 g/mol. The van der Waals surface area contributed by atoms with Gasteiger partial charge in [0.1, 0.15) is 0 Å². The van der Waals surface area contributed by atoms with Crippen LogP contribution in [0, 0.1) is 5.92 Å². The third kappa shape index (κ3) is 3.79. The summed E-state index contributed by atoms with van der Waals surface area (Å²) in [4.78, 5) is 20.5. The van der Waals surface area contributed by atoms with Crippen LogP contribution in [0.4, 0.5) is 5.13 Å². The van der Waals surface area contributed by atoms with Gasteiger partial charge in [-0.1, -0.05) is 0 Å². The van der Waals surface area contributed by atoms with Crippen molar-refractivity contribution >= 4 is 34.8 Å². The molecule has 1 aromatic rings. The molecule has 0 spiro atoms. The zero-order valence-electron chi connectivity index (χ0n) is 13.2. The maximum atomic E-state index is 11.6. The quantitative estimate of drug-likeness (QED) is 0.909. The van der Waals surface area contributed by atoms with E-state index in [0.29, 0.717) is 6.54 Å². The predicted molar refractivity (Wildman–Crippen MR) is 92.9 cm³/mol. The first-order valence-corrected chi connectivity index (χ1v) is 8.73. The van der Waals surface area contributed by atoms with Crippen molar-refractivity contribution in [1.82, 2.24) is 15.2 Å². The van der Waals surface area contributed by atoms with Crippen molar-refractivity contribution in [2.45, 2.75) is 39.3 Å². The van der Waals surface area contributed by atoms with E-state index in [1.165, 1.54) is 25.9 Å². The number of piperidine rings is 1. The first-order chi connectivity index (χ1) is 10.2. The molecule has 0 radical (unpaired) electrons. The number of likely N-dealkylation sites (tertiary alicyclic amines) is 1. The summed E-state index contributed by atoms with van der Waals surface area (Å²) in [6.45, 7) is 8.67. The fourth-order valence-corrected chi connectivity index (χ4v) is 4.40. The zero-order valence-corrected chi connectivity index (χ0v) is 14.9. The molecule has 1 amide bonds. The van der Waals surface area contributed by atoms with Gasteiger partial charge in [0.15, 0.2) is 5.13 Å². The Hall–Kier alpha value is -0.690. The molecule has 124 valence electrons. The second-order valence-corrected chi connectivity index (χ2v) is 6.85. The van der Waals surface area contributed by atoms with Crippen molar-refractivity contribution in [3.8, 4) is 0 Å². The molecule has 0 aromatic carbocycles. The van der Waals surface area contributed by atoms with E-state index in [1.807, 2.05) is 6.92 Å². The monoisotopic (exact) mass is 344 g/mol. The lowest BCUT2D eigenvalue weighted by atomic mass is 9.93. The van der Waals surface area contributed by atoms with Crippen LogP contribution in [0.15, 0.2) is 5.38 Å². The normalized spacial score (nSPS) is 24.6. The minimum Gasteiger partial charge on any atom is -0.314 e. The summed E-state index contributed by atoms with van der Waals surface area (Å²) < 4.78 is 0. The molecule has 2 saturated heterocycles. The molecule has 1 aromatic heterocycles. The van der Waals surface area contributed by atoms with Crippen LogP contribution in [0.25, 0.3) is 0 Å². The number of rotatable bonds is 4. The van der Waals surface area contributed by atoms with Gasteiger partial charge in [-0.25, -0.2) is 4.98 Å². The van der Waals surface area contributed by atoms with E-state index >= 15 is 0 Å². The van der Waals surface area contributed by atoms with Gasteiger partial charge >= 0.3 is 0 Å². The van der Waals surface area contributed by atoms with Crippen molar-refractivity contribution in [3.05, 3.63) is 11.1 Å². The Morgan fingerprint density at radius 3 is 3.09 bits per heavy atom. The highest BCUT2D eigenvalue weighted by Crippen LogP contribution is 2.27.